The molecule has 0 bridgehead atoms. The molecule has 9 heteroatoms. The van der Waals surface area contributed by atoms with Crippen LogP contribution >= 0.6 is 11.6 Å². The van der Waals surface area contributed by atoms with Crippen LogP contribution in [-0.4, -0.2) is 34.1 Å². The van der Waals surface area contributed by atoms with Crippen molar-refractivity contribution in [3.63, 3.8) is 0 Å². The van der Waals surface area contributed by atoms with Gasteiger partial charge < -0.3 is 19.9 Å². The fraction of sp³-hybridized carbons (Fsp3) is 0.185. The van der Waals surface area contributed by atoms with Crippen LogP contribution in [0.15, 0.2) is 96.7 Å². The van der Waals surface area contributed by atoms with Gasteiger partial charge in [0.1, 0.15) is 17.7 Å². The summed E-state index contributed by atoms with van der Waals surface area (Å²) in [5.74, 6) is 2.04. The second-order valence-electron chi connectivity index (χ2n) is 8.06. The average Bonchev–Trinajstić information content (AvgIpc) is 2.91. The Hall–Kier alpha value is -3.30. The molecule has 0 aromatic heterocycles. The van der Waals surface area contributed by atoms with E-state index in [4.69, 9.17) is 31.5 Å². The van der Waals surface area contributed by atoms with E-state index in [-0.39, 0.29) is 12.3 Å². The minimum absolute atomic E-state index is 0.116. The third-order valence-corrected chi connectivity index (χ3v) is 8.31. The van der Waals surface area contributed by atoms with Crippen molar-refractivity contribution in [3.8, 4) is 23.0 Å². The molecule has 4 rings (SSSR count). The molecule has 188 valence electrons. The number of rotatable bonds is 9. The van der Waals surface area contributed by atoms with Crippen molar-refractivity contribution < 1.29 is 22.6 Å². The largest absolute Gasteiger partial charge is 0.493 e. The Labute approximate surface area is 216 Å². The summed E-state index contributed by atoms with van der Waals surface area (Å²) in [4.78, 5) is 0. The summed E-state index contributed by atoms with van der Waals surface area (Å²) >= 11 is 6.02. The number of hydrogen-bond acceptors (Lipinski definition) is 6. The van der Waals surface area contributed by atoms with E-state index in [1.807, 2.05) is 12.1 Å². The maximum absolute atomic E-state index is 13.8. The highest BCUT2D eigenvalue weighted by Crippen LogP contribution is 2.39. The fourth-order valence-electron chi connectivity index (χ4n) is 4.00. The van der Waals surface area contributed by atoms with Gasteiger partial charge in [-0.3, -0.25) is 0 Å². The van der Waals surface area contributed by atoms with E-state index in [1.165, 1.54) is 0 Å². The molecule has 0 saturated carbocycles. The Morgan fingerprint density at radius 1 is 0.944 bits per heavy atom. The van der Waals surface area contributed by atoms with Crippen LogP contribution in [0.1, 0.15) is 6.92 Å². The summed E-state index contributed by atoms with van der Waals surface area (Å²) in [6.07, 6.45) is 4.27. The van der Waals surface area contributed by atoms with E-state index in [2.05, 4.69) is 0 Å². The van der Waals surface area contributed by atoms with Crippen LogP contribution in [0, 0.1) is 0 Å². The second-order valence-corrected chi connectivity index (χ2v) is 10.8. The quantitative estimate of drug-likeness (QED) is 0.364. The summed E-state index contributed by atoms with van der Waals surface area (Å²) in [7, 11) is -2.23. The molecule has 2 atom stereocenters. The molecular weight excluding hydrogens is 500 g/mol. The number of benzene rings is 3. The van der Waals surface area contributed by atoms with Crippen LogP contribution in [0.3, 0.4) is 0 Å². The van der Waals surface area contributed by atoms with Crippen molar-refractivity contribution in [2.24, 2.45) is 5.73 Å². The Kier molecular flexibility index (Phi) is 7.70. The van der Waals surface area contributed by atoms with Crippen LogP contribution in [0.5, 0.6) is 23.0 Å². The number of ether oxygens (including phenoxy) is 3. The van der Waals surface area contributed by atoms with Crippen LogP contribution in [0.2, 0.25) is 5.02 Å². The first-order chi connectivity index (χ1) is 17.3. The molecule has 0 radical (unpaired) electrons. The van der Waals surface area contributed by atoms with E-state index in [9.17, 15) is 8.42 Å². The fourth-order valence-corrected chi connectivity index (χ4v) is 5.72. The molecular formula is C27H28ClN2O5S+. The van der Waals surface area contributed by atoms with E-state index < -0.39 is 20.1 Å². The molecule has 36 heavy (non-hydrogen) atoms. The zero-order valence-corrected chi connectivity index (χ0v) is 21.6. The number of methoxy groups -OCH3 is 1. The topological polar surface area (TPSA) is 87.9 Å². The Balaban J connectivity index is 1.78. The molecule has 3 aromatic rings. The average molecular weight is 528 g/mol. The van der Waals surface area contributed by atoms with Crippen molar-refractivity contribution in [1.82, 2.24) is 3.89 Å². The smallest absolute Gasteiger partial charge is 0.309 e. The van der Waals surface area contributed by atoms with Gasteiger partial charge in [0.05, 0.1) is 12.9 Å². The number of halogens is 1. The lowest BCUT2D eigenvalue weighted by Gasteiger charge is -2.39. The highest BCUT2D eigenvalue weighted by molar-refractivity contribution is 7.91. The third kappa shape index (κ3) is 4.99. The maximum Gasteiger partial charge on any atom is 0.309 e. The Morgan fingerprint density at radius 3 is 2.19 bits per heavy atom. The van der Waals surface area contributed by atoms with Crippen molar-refractivity contribution in [2.75, 3.05) is 19.4 Å². The van der Waals surface area contributed by atoms with Gasteiger partial charge in [-0.1, -0.05) is 23.7 Å². The van der Waals surface area contributed by atoms with Crippen LogP contribution < -0.4 is 23.8 Å². The minimum atomic E-state index is -3.80. The normalized spacial score (nSPS) is 19.4. The van der Waals surface area contributed by atoms with E-state index in [0.29, 0.717) is 39.3 Å². The minimum Gasteiger partial charge on any atom is -0.493 e. The standard InChI is InChI=1S/C27H28ClN2O5S/c1-3-36(31,32)30(19-20(18-29)8-17-27(30)35-24-13-9-21(28)10-14-24)22-11-15-23(16-12-22)34-26-7-5-4-6-25(26)33-2/h4-17,19,27H,3,18,29H2,1-2H3/q+1. The number of quaternary nitrogens is 1. The van der Waals surface area contributed by atoms with Gasteiger partial charge in [0.15, 0.2) is 17.2 Å². The van der Waals surface area contributed by atoms with Crippen molar-refractivity contribution in [3.05, 3.63) is 102 Å². The van der Waals surface area contributed by atoms with Gasteiger partial charge in [-0.05, 0) is 61.5 Å². The van der Waals surface area contributed by atoms with Crippen molar-refractivity contribution in [1.29, 1.82) is 0 Å². The SMILES string of the molecule is CCS(=O)(=O)[N+]1(c2ccc(Oc3ccccc3OC)cc2)C=C(CN)C=CC1Oc1ccc(Cl)cc1. The zero-order chi connectivity index (χ0) is 25.8. The molecule has 3 aromatic carbocycles. The lowest BCUT2D eigenvalue weighted by Crippen LogP contribution is -2.60. The lowest BCUT2D eigenvalue weighted by atomic mass is 10.1. The Morgan fingerprint density at radius 2 is 1.58 bits per heavy atom. The number of hydrogen-bond donors (Lipinski definition) is 1. The number of para-hydroxylation sites is 2. The van der Waals surface area contributed by atoms with Gasteiger partial charge in [0, 0.05) is 35.3 Å². The molecule has 1 aliphatic heterocycles. The lowest BCUT2D eigenvalue weighted by molar-refractivity contribution is 0.160. The highest BCUT2D eigenvalue weighted by atomic mass is 35.5. The van der Waals surface area contributed by atoms with Crippen molar-refractivity contribution in [2.45, 2.75) is 13.2 Å². The summed E-state index contributed by atoms with van der Waals surface area (Å²) in [6.45, 7) is 1.79. The number of sulfonamides is 1. The molecule has 1 aliphatic rings. The van der Waals surface area contributed by atoms with Gasteiger partial charge in [-0.2, -0.15) is 8.42 Å². The summed E-state index contributed by atoms with van der Waals surface area (Å²) < 4.78 is 44.5. The molecule has 7 nitrogen and oxygen atoms in total. The first-order valence-corrected chi connectivity index (χ1v) is 13.4. The molecule has 1 heterocycles. The molecule has 0 amide bonds. The molecule has 0 aliphatic carbocycles. The number of nitrogens with zero attached hydrogens (tertiary/aromatic N) is 1. The first-order valence-electron chi connectivity index (χ1n) is 11.4. The third-order valence-electron chi connectivity index (χ3n) is 5.88. The summed E-state index contributed by atoms with van der Waals surface area (Å²) in [5.41, 5.74) is 7.09. The molecule has 0 fully saturated rings. The molecule has 0 saturated heterocycles. The Bertz CT molecular complexity index is 1370. The van der Waals surface area contributed by atoms with Crippen LogP contribution in [0.4, 0.5) is 5.69 Å². The van der Waals surface area contributed by atoms with E-state index >= 15 is 0 Å². The second kappa shape index (κ2) is 10.8. The zero-order valence-electron chi connectivity index (χ0n) is 20.0. The summed E-state index contributed by atoms with van der Waals surface area (Å²) in [6, 6.07) is 21.0. The van der Waals surface area contributed by atoms with Crippen LogP contribution in [-0.2, 0) is 10.0 Å². The van der Waals surface area contributed by atoms with E-state index in [1.54, 1.807) is 93.0 Å². The predicted octanol–water partition coefficient (Wildman–Crippen LogP) is 5.62. The van der Waals surface area contributed by atoms with Crippen molar-refractivity contribution >= 4 is 27.3 Å². The molecule has 2 unspecified atom stereocenters. The first kappa shape index (κ1) is 25.8. The van der Waals surface area contributed by atoms with Crippen LogP contribution in [0.25, 0.3) is 0 Å². The number of nitrogens with two attached hydrogens (primary N) is 1. The monoisotopic (exact) mass is 527 g/mol. The predicted molar refractivity (Wildman–Crippen MR) is 143 cm³/mol. The van der Waals surface area contributed by atoms with Gasteiger partial charge in [0.2, 0.25) is 0 Å². The molecule has 0 spiro atoms. The van der Waals surface area contributed by atoms with Gasteiger partial charge in [0.25, 0.3) is 6.23 Å². The summed E-state index contributed by atoms with van der Waals surface area (Å²) in [5, 5.41) is 0.555. The van der Waals surface area contributed by atoms with Gasteiger partial charge in [-0.25, -0.2) is 0 Å². The van der Waals surface area contributed by atoms with Gasteiger partial charge >= 0.3 is 10.0 Å². The molecule has 2 N–H and O–H groups in total. The van der Waals surface area contributed by atoms with Gasteiger partial charge in [-0.15, -0.1) is 3.89 Å². The highest BCUT2D eigenvalue weighted by Gasteiger charge is 2.51. The maximum atomic E-state index is 13.8. The van der Waals surface area contributed by atoms with E-state index in [0.717, 1.165) is 0 Å².